The molecule has 0 spiro atoms. The van der Waals surface area contributed by atoms with Gasteiger partial charge in [0.05, 0.1) is 0 Å². The third-order valence-corrected chi connectivity index (χ3v) is 8.40. The first kappa shape index (κ1) is 24.6. The molecule has 8 nitrogen and oxygen atoms in total. The molecule has 0 atom stereocenters. The van der Waals surface area contributed by atoms with Crippen molar-refractivity contribution in [2.75, 3.05) is 11.9 Å². The summed E-state index contributed by atoms with van der Waals surface area (Å²) in [4.78, 5) is 25.7. The first-order valence-electron chi connectivity index (χ1n) is 12.6. The van der Waals surface area contributed by atoms with Crippen LogP contribution in [0.15, 0.2) is 55.1 Å². The number of hydrogen-bond donors (Lipinski definition) is 3. The summed E-state index contributed by atoms with van der Waals surface area (Å²) >= 11 is -0.279. The van der Waals surface area contributed by atoms with E-state index in [4.69, 9.17) is 0 Å². The molecule has 4 aromatic rings. The van der Waals surface area contributed by atoms with Crippen molar-refractivity contribution in [3.63, 3.8) is 0 Å². The zero-order valence-electron chi connectivity index (χ0n) is 20.4. The van der Waals surface area contributed by atoms with Crippen LogP contribution in [0.2, 0.25) is 0 Å². The quantitative estimate of drug-likeness (QED) is 0.100. The number of benzene rings is 1. The molecule has 188 valence electrons. The molecule has 4 heterocycles. The molecule has 36 heavy (non-hydrogen) atoms. The summed E-state index contributed by atoms with van der Waals surface area (Å²) < 4.78 is 6.74. The Morgan fingerprint density at radius 3 is 2.78 bits per heavy atom. The van der Waals surface area contributed by atoms with E-state index in [0.29, 0.717) is 12.4 Å². The number of aromatic nitrogens is 4. The van der Waals surface area contributed by atoms with Crippen LogP contribution in [0, 0.1) is 3.70 Å². The fourth-order valence-electron chi connectivity index (χ4n) is 4.34. The van der Waals surface area contributed by atoms with Gasteiger partial charge in [0.25, 0.3) is 5.91 Å². The van der Waals surface area contributed by atoms with Gasteiger partial charge in [-0.3, -0.25) is 4.79 Å². The van der Waals surface area contributed by atoms with Crippen LogP contribution in [0.1, 0.15) is 61.4 Å². The number of unbranched alkanes of at least 4 members (excludes halogenated alkanes) is 5. The molecule has 0 unspecified atom stereocenters. The van der Waals surface area contributed by atoms with Crippen LogP contribution >= 0.6 is 0 Å². The number of carbonyl (C=O) groups is 1. The number of hydrogen-bond acceptors (Lipinski definition) is 6. The Balaban J connectivity index is 1.21. The van der Waals surface area contributed by atoms with Gasteiger partial charge in [0.1, 0.15) is 0 Å². The molecule has 3 aromatic heterocycles. The van der Waals surface area contributed by atoms with E-state index in [1.54, 1.807) is 6.20 Å². The number of nitrogens with zero attached hydrogens (tertiary/aromatic N) is 4. The Bertz CT molecular complexity index is 1340. The van der Waals surface area contributed by atoms with Gasteiger partial charge >= 0.3 is 194 Å². The SMILES string of the molecule is CCCCCCCCN[I-]c1ccc(Nc2ncc(-c3ccc4c(c3)CNC4=O)n3ccnc23)cn1. The summed E-state index contributed by atoms with van der Waals surface area (Å²) in [7, 11) is 0. The van der Waals surface area contributed by atoms with E-state index < -0.39 is 0 Å². The number of carbonyl (C=O) groups excluding carboxylic acids is 1. The Kier molecular flexibility index (Phi) is 8.07. The van der Waals surface area contributed by atoms with Crippen molar-refractivity contribution in [3.8, 4) is 11.3 Å². The van der Waals surface area contributed by atoms with E-state index in [1.807, 2.05) is 47.3 Å². The average molecular weight is 596 g/mol. The number of fused-ring (bicyclic) bond motifs is 2. The maximum absolute atomic E-state index is 11.9. The van der Waals surface area contributed by atoms with Gasteiger partial charge < -0.3 is 5.32 Å². The van der Waals surface area contributed by atoms with Crippen LogP contribution in [0.5, 0.6) is 0 Å². The molecule has 0 saturated heterocycles. The standard InChI is InChI=1S/C27H31IN7O/c1-2-3-4-5-6-7-12-33-28-24-11-9-21(17-30-24)34-25-26-29-13-14-35(26)23(18-31-25)19-8-10-22-20(15-19)16-32-27(22)36/h8-11,13-15,17-18,33H,2-7,12,16H2,1H3,(H,31,34)(H,32,36)/q-1. The molecule has 1 aromatic carbocycles. The van der Waals surface area contributed by atoms with Crippen LogP contribution in [0.3, 0.4) is 0 Å². The fourth-order valence-corrected chi connectivity index (χ4v) is 6.02. The number of nitrogens with one attached hydrogen (secondary N) is 3. The maximum atomic E-state index is 11.9. The Labute approximate surface area is 222 Å². The minimum absolute atomic E-state index is 0.0164. The molecule has 9 heteroatoms. The number of imidazole rings is 1. The third-order valence-electron chi connectivity index (χ3n) is 6.29. The summed E-state index contributed by atoms with van der Waals surface area (Å²) in [5.41, 5.74) is 5.28. The summed E-state index contributed by atoms with van der Waals surface area (Å²) in [6.07, 6.45) is 15.3. The summed E-state index contributed by atoms with van der Waals surface area (Å²) in [6, 6.07) is 10.0. The van der Waals surface area contributed by atoms with Crippen molar-refractivity contribution < 1.29 is 26.3 Å². The van der Waals surface area contributed by atoms with Gasteiger partial charge in [-0.1, -0.05) is 0 Å². The first-order valence-corrected chi connectivity index (χ1v) is 14.7. The van der Waals surface area contributed by atoms with Crippen molar-refractivity contribution in [1.29, 1.82) is 0 Å². The molecular weight excluding hydrogens is 565 g/mol. The Morgan fingerprint density at radius 1 is 1.03 bits per heavy atom. The van der Waals surface area contributed by atoms with Gasteiger partial charge in [0.2, 0.25) is 0 Å². The van der Waals surface area contributed by atoms with E-state index >= 15 is 0 Å². The van der Waals surface area contributed by atoms with Crippen LogP contribution in [0.25, 0.3) is 16.9 Å². The molecule has 1 aliphatic rings. The van der Waals surface area contributed by atoms with E-state index in [0.717, 1.165) is 44.0 Å². The number of amides is 1. The van der Waals surface area contributed by atoms with Gasteiger partial charge in [-0.25, -0.2) is 0 Å². The van der Waals surface area contributed by atoms with E-state index in [2.05, 4.69) is 42.1 Å². The van der Waals surface area contributed by atoms with Crippen molar-refractivity contribution in [3.05, 3.63) is 69.9 Å². The van der Waals surface area contributed by atoms with Crippen molar-refractivity contribution in [2.24, 2.45) is 0 Å². The zero-order valence-corrected chi connectivity index (χ0v) is 22.6. The van der Waals surface area contributed by atoms with E-state index in [-0.39, 0.29) is 27.4 Å². The van der Waals surface area contributed by atoms with Gasteiger partial charge in [0.15, 0.2) is 0 Å². The summed E-state index contributed by atoms with van der Waals surface area (Å²) in [6.45, 7) is 3.89. The third kappa shape index (κ3) is 5.67. The predicted octanol–water partition coefficient (Wildman–Crippen LogP) is 1.90. The van der Waals surface area contributed by atoms with Crippen LogP contribution in [-0.2, 0) is 6.54 Å². The molecule has 1 aliphatic heterocycles. The van der Waals surface area contributed by atoms with E-state index in [9.17, 15) is 4.79 Å². The van der Waals surface area contributed by atoms with Crippen molar-refractivity contribution >= 4 is 23.1 Å². The molecule has 0 saturated carbocycles. The normalized spacial score (nSPS) is 12.8. The summed E-state index contributed by atoms with van der Waals surface area (Å²) in [5, 5.41) is 6.24. The predicted molar refractivity (Wildman–Crippen MR) is 137 cm³/mol. The second kappa shape index (κ2) is 11.8. The molecule has 0 bridgehead atoms. The zero-order chi connectivity index (χ0) is 24.7. The second-order valence-corrected chi connectivity index (χ2v) is 11.3. The van der Waals surface area contributed by atoms with Crippen molar-refractivity contribution in [1.82, 2.24) is 28.2 Å². The molecule has 0 aliphatic carbocycles. The summed E-state index contributed by atoms with van der Waals surface area (Å²) in [5.74, 6) is 0.657. The number of halogens is 1. The topological polar surface area (TPSA) is 96.2 Å². The number of pyridine rings is 1. The number of rotatable bonds is 12. The Hall–Kier alpha value is -3.05. The van der Waals surface area contributed by atoms with Crippen molar-refractivity contribution in [2.45, 2.75) is 52.0 Å². The molecule has 3 N–H and O–H groups in total. The van der Waals surface area contributed by atoms with Gasteiger partial charge in [-0.2, -0.15) is 0 Å². The monoisotopic (exact) mass is 596 g/mol. The van der Waals surface area contributed by atoms with Crippen LogP contribution in [0.4, 0.5) is 11.5 Å². The molecule has 0 radical (unpaired) electrons. The minimum atomic E-state index is -0.279. The fraction of sp³-hybridized carbons (Fsp3) is 0.333. The Morgan fingerprint density at radius 2 is 1.92 bits per heavy atom. The average Bonchev–Trinajstić information content (AvgIpc) is 3.54. The molecule has 0 fully saturated rings. The van der Waals surface area contributed by atoms with Crippen LogP contribution in [-0.4, -0.2) is 31.8 Å². The first-order chi connectivity index (χ1) is 17.7. The second-order valence-electron chi connectivity index (χ2n) is 8.91. The van der Waals surface area contributed by atoms with Crippen LogP contribution < -0.4 is 35.6 Å². The van der Waals surface area contributed by atoms with Gasteiger partial charge in [-0.05, 0) is 0 Å². The van der Waals surface area contributed by atoms with Gasteiger partial charge in [0, 0.05) is 12.1 Å². The van der Waals surface area contributed by atoms with Gasteiger partial charge in [-0.15, -0.1) is 0 Å². The molecule has 5 rings (SSSR count). The molecular formula is C27H31IN7O-. The molecule has 1 amide bonds. The van der Waals surface area contributed by atoms with E-state index in [1.165, 1.54) is 38.5 Å². The number of anilines is 2.